The number of H-pyrrole nitrogens is 1. The zero-order chi connectivity index (χ0) is 29.5. The summed E-state index contributed by atoms with van der Waals surface area (Å²) in [6.45, 7) is 6.52. The predicted octanol–water partition coefficient (Wildman–Crippen LogP) is 8.74. The number of allylic oxidation sites excluding steroid dienone is 2. The molecule has 0 aliphatic heterocycles. The lowest BCUT2D eigenvalue weighted by atomic mass is 9.92. The number of nitrogens with one attached hydrogen (secondary N) is 1. The van der Waals surface area contributed by atoms with Crippen molar-refractivity contribution < 1.29 is 18.1 Å². The van der Waals surface area contributed by atoms with Crippen molar-refractivity contribution in [2.24, 2.45) is 0 Å². The highest BCUT2D eigenvalue weighted by Gasteiger charge is 2.29. The Labute approximate surface area is 247 Å². The molecule has 0 amide bonds. The van der Waals surface area contributed by atoms with E-state index in [1.54, 1.807) is 28.8 Å². The number of aromatic nitrogens is 3. The first kappa shape index (κ1) is 30.0. The maximum atomic E-state index is 14.0. The summed E-state index contributed by atoms with van der Waals surface area (Å²) in [6.07, 6.45) is 9.88. The Kier molecular flexibility index (Phi) is 9.78. The average molecular weight is 590 g/mol. The van der Waals surface area contributed by atoms with E-state index in [2.05, 4.69) is 11.2 Å². The molecular formula is C33H40N3O5P. The Morgan fingerprint density at radius 1 is 0.905 bits per heavy atom. The Morgan fingerprint density at radius 3 is 2.21 bits per heavy atom. The molecule has 0 spiro atoms. The third kappa shape index (κ3) is 6.62. The largest absolute Gasteiger partial charge is 0.530 e. The van der Waals surface area contributed by atoms with Crippen LogP contribution in [0.25, 0.3) is 33.6 Å². The van der Waals surface area contributed by atoms with Gasteiger partial charge in [-0.2, -0.15) is 4.52 Å². The zero-order valence-corrected chi connectivity index (χ0v) is 25.6. The van der Waals surface area contributed by atoms with Crippen molar-refractivity contribution >= 4 is 19.0 Å². The number of rotatable bonds is 13. The minimum Gasteiger partial charge on any atom is -0.404 e. The third-order valence-electron chi connectivity index (χ3n) is 7.49. The van der Waals surface area contributed by atoms with Gasteiger partial charge in [0.05, 0.1) is 30.2 Å². The first-order valence-corrected chi connectivity index (χ1v) is 16.5. The van der Waals surface area contributed by atoms with Crippen molar-refractivity contribution in [1.82, 2.24) is 14.6 Å². The molecule has 222 valence electrons. The number of unbranched alkanes of at least 4 members (excludes halogenated alkanes) is 2. The average Bonchev–Trinajstić information content (AvgIpc) is 3.39. The first-order valence-electron chi connectivity index (χ1n) is 15.0. The van der Waals surface area contributed by atoms with Crippen LogP contribution in [0.15, 0.2) is 65.5 Å². The summed E-state index contributed by atoms with van der Waals surface area (Å²) in [5.41, 5.74) is 6.42. The summed E-state index contributed by atoms with van der Waals surface area (Å²) in [7, 11) is -3.77. The van der Waals surface area contributed by atoms with Crippen LogP contribution in [0.1, 0.15) is 76.5 Å². The van der Waals surface area contributed by atoms with Gasteiger partial charge in [-0.3, -0.25) is 18.9 Å². The maximum Gasteiger partial charge on any atom is 0.530 e. The lowest BCUT2D eigenvalue weighted by molar-refractivity contribution is 0.152. The fraction of sp³-hybridized carbons (Fsp3) is 0.394. The minimum absolute atomic E-state index is 0.178. The molecule has 9 heteroatoms. The molecule has 1 aliphatic rings. The van der Waals surface area contributed by atoms with Crippen LogP contribution in [-0.4, -0.2) is 27.8 Å². The number of hydrogen-bond donors (Lipinski definition) is 1. The molecule has 0 saturated carbocycles. The number of benzene rings is 2. The minimum atomic E-state index is -3.77. The van der Waals surface area contributed by atoms with E-state index in [-0.39, 0.29) is 5.56 Å². The number of hydrogen-bond acceptors (Lipinski definition) is 6. The highest BCUT2D eigenvalue weighted by atomic mass is 31.2. The molecule has 1 N–H and O–H groups in total. The van der Waals surface area contributed by atoms with E-state index in [4.69, 9.17) is 18.6 Å². The quantitative estimate of drug-likeness (QED) is 0.124. The lowest BCUT2D eigenvalue weighted by Gasteiger charge is -2.18. The molecule has 0 radical (unpaired) electrons. The number of phosphoric ester groups is 1. The second-order valence-electron chi connectivity index (χ2n) is 10.7. The van der Waals surface area contributed by atoms with E-state index in [1.165, 1.54) is 12.0 Å². The summed E-state index contributed by atoms with van der Waals surface area (Å²) >= 11 is 0. The third-order valence-corrected chi connectivity index (χ3v) is 8.92. The fourth-order valence-corrected chi connectivity index (χ4v) is 6.50. The molecule has 1 aliphatic carbocycles. The second kappa shape index (κ2) is 13.7. The van der Waals surface area contributed by atoms with E-state index >= 15 is 0 Å². The number of aromatic amines is 1. The number of fused-ring (bicyclic) bond motifs is 1. The molecule has 0 bridgehead atoms. The van der Waals surface area contributed by atoms with E-state index in [0.29, 0.717) is 41.4 Å². The van der Waals surface area contributed by atoms with Crippen LogP contribution in [0.2, 0.25) is 0 Å². The second-order valence-corrected chi connectivity index (χ2v) is 12.3. The summed E-state index contributed by atoms with van der Waals surface area (Å²) in [5, 5.41) is 3.38. The summed E-state index contributed by atoms with van der Waals surface area (Å²) < 4.78 is 31.7. The molecule has 2 aromatic heterocycles. The Hall–Kier alpha value is -3.45. The fourth-order valence-electron chi connectivity index (χ4n) is 5.24. The molecule has 8 nitrogen and oxygen atoms in total. The summed E-state index contributed by atoms with van der Waals surface area (Å²) in [5.74, 6) is 0.347. The molecule has 0 saturated heterocycles. The number of nitrogens with zero attached hydrogens (tertiary/aromatic N) is 2. The van der Waals surface area contributed by atoms with Gasteiger partial charge in [0, 0.05) is 11.1 Å². The molecule has 42 heavy (non-hydrogen) atoms. The predicted molar refractivity (Wildman–Crippen MR) is 168 cm³/mol. The highest BCUT2D eigenvalue weighted by molar-refractivity contribution is 7.48. The topological polar surface area (TPSA) is 94.9 Å². The van der Waals surface area contributed by atoms with Crippen LogP contribution in [-0.2, 0) is 13.6 Å². The lowest BCUT2D eigenvalue weighted by Crippen LogP contribution is -2.19. The van der Waals surface area contributed by atoms with Gasteiger partial charge in [0.25, 0.3) is 5.56 Å². The van der Waals surface area contributed by atoms with E-state index < -0.39 is 7.82 Å². The molecule has 0 atom stereocenters. The molecule has 0 unspecified atom stereocenters. The van der Waals surface area contributed by atoms with Gasteiger partial charge in [-0.15, -0.1) is 0 Å². The Morgan fingerprint density at radius 2 is 1.60 bits per heavy atom. The van der Waals surface area contributed by atoms with E-state index in [1.807, 2.05) is 51.1 Å². The number of aryl methyl sites for hydroxylation is 1. The van der Waals surface area contributed by atoms with Crippen molar-refractivity contribution in [3.63, 3.8) is 0 Å². The van der Waals surface area contributed by atoms with Crippen LogP contribution in [0.4, 0.5) is 0 Å². The number of phosphoric acid groups is 1. The van der Waals surface area contributed by atoms with Crippen LogP contribution in [0, 0.1) is 6.92 Å². The highest BCUT2D eigenvalue weighted by Crippen LogP contribution is 2.50. The molecule has 0 fully saturated rings. The normalized spacial score (nSPS) is 13.8. The Bertz CT molecular complexity index is 1630. The van der Waals surface area contributed by atoms with Crippen molar-refractivity contribution in [1.29, 1.82) is 0 Å². The van der Waals surface area contributed by atoms with Gasteiger partial charge < -0.3 is 4.52 Å². The van der Waals surface area contributed by atoms with Crippen LogP contribution >= 0.6 is 7.82 Å². The van der Waals surface area contributed by atoms with Crippen molar-refractivity contribution in [2.75, 3.05) is 13.2 Å². The van der Waals surface area contributed by atoms with Gasteiger partial charge in [-0.1, -0.05) is 75.2 Å². The summed E-state index contributed by atoms with van der Waals surface area (Å²) in [4.78, 5) is 19.0. The van der Waals surface area contributed by atoms with Crippen molar-refractivity contribution in [2.45, 2.75) is 72.1 Å². The van der Waals surface area contributed by atoms with Crippen LogP contribution in [0.3, 0.4) is 0 Å². The molecule has 2 heterocycles. The maximum absolute atomic E-state index is 14.0. The monoisotopic (exact) mass is 589 g/mol. The molecule has 2 aromatic carbocycles. The van der Waals surface area contributed by atoms with Gasteiger partial charge in [-0.25, -0.2) is 9.55 Å². The van der Waals surface area contributed by atoms with E-state index in [0.717, 1.165) is 61.8 Å². The van der Waals surface area contributed by atoms with Gasteiger partial charge in [0.2, 0.25) is 0 Å². The van der Waals surface area contributed by atoms with Crippen LogP contribution in [0.5, 0.6) is 5.75 Å². The Balaban J connectivity index is 1.50. The molecular weight excluding hydrogens is 549 g/mol. The first-order chi connectivity index (χ1) is 20.4. The van der Waals surface area contributed by atoms with Gasteiger partial charge in [-0.05, 0) is 68.7 Å². The van der Waals surface area contributed by atoms with Gasteiger partial charge in [0.1, 0.15) is 5.75 Å². The van der Waals surface area contributed by atoms with Crippen LogP contribution < -0.4 is 10.1 Å². The van der Waals surface area contributed by atoms with Gasteiger partial charge >= 0.3 is 7.82 Å². The van der Waals surface area contributed by atoms with E-state index in [9.17, 15) is 9.36 Å². The van der Waals surface area contributed by atoms with Gasteiger partial charge in [0.15, 0.2) is 5.65 Å². The standard InChI is InChI=1S/C33H40N3O5P/c1-4-6-22-39-42(38,40-23-7-5-2)41-28-20-18-26(19-21-28)29-24(3)34-32-30(25-14-10-8-11-15-25)31(35-36(32)33(29)37)27-16-12-9-13-17-27/h9,12-14,16-21,35H,4-8,10-11,15,22-23H2,1-3H3. The zero-order valence-electron chi connectivity index (χ0n) is 24.7. The SMILES string of the molecule is CCCCOP(=O)(OCCCC)Oc1ccc(-c2c(C)nc3c(C4=CCCCC4)c(-c4ccccc4)[nH]n3c2=O)cc1. The van der Waals surface area contributed by atoms with Crippen molar-refractivity contribution in [3.05, 3.63) is 82.3 Å². The van der Waals surface area contributed by atoms with Crippen molar-refractivity contribution in [3.8, 4) is 28.1 Å². The smallest absolute Gasteiger partial charge is 0.404 e. The molecule has 4 aromatic rings. The summed E-state index contributed by atoms with van der Waals surface area (Å²) in [6, 6.07) is 17.0. The molecule has 5 rings (SSSR count).